The molecule has 0 bridgehead atoms. The van der Waals surface area contributed by atoms with Crippen LogP contribution in [0.15, 0.2) is 36.4 Å². The van der Waals surface area contributed by atoms with E-state index >= 15 is 0 Å². The Bertz CT molecular complexity index is 768. The third-order valence-corrected chi connectivity index (χ3v) is 9.60. The van der Waals surface area contributed by atoms with E-state index in [-0.39, 0.29) is 0 Å². The van der Waals surface area contributed by atoms with E-state index in [1.165, 1.54) is 98.9 Å². The first kappa shape index (κ1) is 28.3. The molecule has 0 aromatic heterocycles. The fraction of sp³-hybridized carbons (Fsp3) is 0.714. The molecule has 3 aliphatic carbocycles. The van der Waals surface area contributed by atoms with Crippen molar-refractivity contribution in [3.63, 3.8) is 0 Å². The lowest BCUT2D eigenvalue weighted by molar-refractivity contribution is 0.201. The quantitative estimate of drug-likeness (QED) is 0.404. The van der Waals surface area contributed by atoms with Gasteiger partial charge >= 0.3 is 0 Å². The fourth-order valence-corrected chi connectivity index (χ4v) is 6.65. The van der Waals surface area contributed by atoms with Gasteiger partial charge in [0, 0.05) is 0 Å². The molecule has 2 aromatic carbocycles. The van der Waals surface area contributed by atoms with E-state index in [0.717, 1.165) is 35.5 Å². The molecule has 0 unspecified atom stereocenters. The standard InChI is InChI=1S/C15H28.C12H12.C8H16/c1-12-3-7-14(8-4-12)11-15-9-5-13(2)6-10-15;1-9-5-3-8-12-10(2)6-4-7-11(9)12;1-7-3-5-8(2)6-4-7/h12-15H,3-11H2,1-2H3;3-8H,1-2H3;7-8H,3-6H2,1-2H3. The molecule has 0 spiro atoms. The van der Waals surface area contributed by atoms with Crippen LogP contribution in [0.2, 0.25) is 0 Å². The summed E-state index contributed by atoms with van der Waals surface area (Å²) in [5.41, 5.74) is 2.72. The molecule has 5 rings (SSSR count). The molecule has 3 fully saturated rings. The summed E-state index contributed by atoms with van der Waals surface area (Å²) in [6.07, 6.45) is 19.6. The second-order valence-electron chi connectivity index (χ2n) is 13.1. The molecule has 0 amide bonds. The molecule has 0 radical (unpaired) electrons. The summed E-state index contributed by atoms with van der Waals surface area (Å²) in [6, 6.07) is 12.9. The van der Waals surface area contributed by atoms with Crippen molar-refractivity contribution in [2.24, 2.45) is 35.5 Å². The minimum atomic E-state index is 1.02. The molecule has 3 saturated carbocycles. The predicted octanol–water partition coefficient (Wildman–Crippen LogP) is 11.3. The van der Waals surface area contributed by atoms with Gasteiger partial charge in [-0.25, -0.2) is 0 Å². The molecule has 0 aliphatic heterocycles. The first-order valence-electron chi connectivity index (χ1n) is 15.3. The molecular weight excluding hydrogens is 420 g/mol. The van der Waals surface area contributed by atoms with Crippen molar-refractivity contribution in [3.05, 3.63) is 47.5 Å². The van der Waals surface area contributed by atoms with Gasteiger partial charge in [0.1, 0.15) is 0 Å². The van der Waals surface area contributed by atoms with Gasteiger partial charge in [-0.3, -0.25) is 0 Å². The van der Waals surface area contributed by atoms with Crippen LogP contribution < -0.4 is 0 Å². The van der Waals surface area contributed by atoms with Crippen molar-refractivity contribution in [2.75, 3.05) is 0 Å². The minimum absolute atomic E-state index is 1.02. The Hall–Kier alpha value is -1.30. The molecular formula is C35H56. The van der Waals surface area contributed by atoms with Crippen LogP contribution in [0.25, 0.3) is 10.8 Å². The summed E-state index contributed by atoms with van der Waals surface area (Å²) < 4.78 is 0. The highest BCUT2D eigenvalue weighted by Gasteiger charge is 2.24. The molecule has 2 aromatic rings. The zero-order valence-corrected chi connectivity index (χ0v) is 24.1. The van der Waals surface area contributed by atoms with Gasteiger partial charge in [-0.15, -0.1) is 0 Å². The largest absolute Gasteiger partial charge is 0.0625 e. The van der Waals surface area contributed by atoms with E-state index in [0.29, 0.717) is 0 Å². The molecule has 35 heavy (non-hydrogen) atoms. The van der Waals surface area contributed by atoms with Gasteiger partial charge in [-0.2, -0.15) is 0 Å². The molecule has 0 heterocycles. The van der Waals surface area contributed by atoms with Gasteiger partial charge in [0.15, 0.2) is 0 Å². The lowest BCUT2D eigenvalue weighted by Gasteiger charge is -2.32. The highest BCUT2D eigenvalue weighted by Crippen LogP contribution is 2.38. The van der Waals surface area contributed by atoms with Gasteiger partial charge in [0.2, 0.25) is 0 Å². The zero-order chi connectivity index (χ0) is 25.2. The van der Waals surface area contributed by atoms with Crippen LogP contribution in [0.3, 0.4) is 0 Å². The van der Waals surface area contributed by atoms with Gasteiger partial charge in [-0.05, 0) is 77.7 Å². The molecule has 0 nitrogen and oxygen atoms in total. The molecule has 196 valence electrons. The van der Waals surface area contributed by atoms with E-state index in [9.17, 15) is 0 Å². The number of hydrogen-bond acceptors (Lipinski definition) is 0. The van der Waals surface area contributed by atoms with Crippen LogP contribution in [0, 0.1) is 49.4 Å². The summed E-state index contributed by atoms with van der Waals surface area (Å²) >= 11 is 0. The predicted molar refractivity (Wildman–Crippen MR) is 157 cm³/mol. The molecule has 0 heteroatoms. The minimum Gasteiger partial charge on any atom is -0.0625 e. The summed E-state index contributed by atoms with van der Waals surface area (Å²) in [7, 11) is 0. The second-order valence-corrected chi connectivity index (χ2v) is 13.1. The first-order chi connectivity index (χ1) is 16.8. The summed E-state index contributed by atoms with van der Waals surface area (Å²) in [6.45, 7) is 13.9. The number of hydrogen-bond donors (Lipinski definition) is 0. The first-order valence-corrected chi connectivity index (χ1v) is 15.3. The van der Waals surface area contributed by atoms with Crippen LogP contribution >= 0.6 is 0 Å². The highest BCUT2D eigenvalue weighted by atomic mass is 14.3. The van der Waals surface area contributed by atoms with Crippen molar-refractivity contribution in [2.45, 2.75) is 125 Å². The van der Waals surface area contributed by atoms with Gasteiger partial charge < -0.3 is 0 Å². The summed E-state index contributed by atoms with van der Waals surface area (Å²) in [5.74, 6) is 6.27. The Labute approximate surface area is 218 Å². The lowest BCUT2D eigenvalue weighted by atomic mass is 9.74. The summed E-state index contributed by atoms with van der Waals surface area (Å²) in [5, 5.41) is 2.75. The van der Waals surface area contributed by atoms with Crippen molar-refractivity contribution < 1.29 is 0 Å². The monoisotopic (exact) mass is 476 g/mol. The highest BCUT2D eigenvalue weighted by molar-refractivity contribution is 5.88. The maximum absolute atomic E-state index is 2.43. The van der Waals surface area contributed by atoms with Gasteiger partial charge in [0.25, 0.3) is 0 Å². The van der Waals surface area contributed by atoms with Gasteiger partial charge in [0.05, 0.1) is 0 Å². The molecule has 0 saturated heterocycles. The van der Waals surface area contributed by atoms with Gasteiger partial charge in [-0.1, -0.05) is 141 Å². The average Bonchev–Trinajstić information content (AvgIpc) is 2.86. The smallest absolute Gasteiger partial charge is 0.0152 e. The Morgan fingerprint density at radius 2 is 0.743 bits per heavy atom. The SMILES string of the molecule is CC1CCC(C)CC1.CC1CCC(CC2CCC(C)CC2)CC1.Cc1cccc2c(C)cccc12. The number of benzene rings is 2. The van der Waals surface area contributed by atoms with E-state index in [2.05, 4.69) is 77.9 Å². The second kappa shape index (κ2) is 14.4. The van der Waals surface area contributed by atoms with Crippen molar-refractivity contribution >= 4 is 10.8 Å². The topological polar surface area (TPSA) is 0 Å². The number of aryl methyl sites for hydroxylation is 2. The molecule has 0 atom stereocenters. The lowest BCUT2D eigenvalue weighted by Crippen LogP contribution is -2.19. The Morgan fingerprint density at radius 3 is 1.06 bits per heavy atom. The van der Waals surface area contributed by atoms with Crippen molar-refractivity contribution in [1.29, 1.82) is 0 Å². The van der Waals surface area contributed by atoms with Crippen LogP contribution in [0.5, 0.6) is 0 Å². The molecule has 0 N–H and O–H groups in total. The normalized spacial score (nSPS) is 31.0. The maximum atomic E-state index is 2.43. The molecule has 3 aliphatic rings. The van der Waals surface area contributed by atoms with Crippen LogP contribution in [0.4, 0.5) is 0 Å². The number of fused-ring (bicyclic) bond motifs is 1. The average molecular weight is 477 g/mol. The van der Waals surface area contributed by atoms with Crippen LogP contribution in [-0.2, 0) is 0 Å². The van der Waals surface area contributed by atoms with E-state index in [1.54, 1.807) is 6.42 Å². The van der Waals surface area contributed by atoms with E-state index < -0.39 is 0 Å². The van der Waals surface area contributed by atoms with Crippen LogP contribution in [0.1, 0.15) is 122 Å². The maximum Gasteiger partial charge on any atom is -0.0152 e. The van der Waals surface area contributed by atoms with Crippen molar-refractivity contribution in [1.82, 2.24) is 0 Å². The summed E-state index contributed by atoms with van der Waals surface area (Å²) in [4.78, 5) is 0. The Kier molecular flexibility index (Phi) is 11.7. The van der Waals surface area contributed by atoms with E-state index in [4.69, 9.17) is 0 Å². The third-order valence-electron chi connectivity index (χ3n) is 9.60. The van der Waals surface area contributed by atoms with E-state index in [1.807, 2.05) is 0 Å². The number of rotatable bonds is 2. The Balaban J connectivity index is 0.000000154. The van der Waals surface area contributed by atoms with Crippen molar-refractivity contribution in [3.8, 4) is 0 Å². The third kappa shape index (κ3) is 9.59. The fourth-order valence-electron chi connectivity index (χ4n) is 6.65. The van der Waals surface area contributed by atoms with Crippen LogP contribution in [-0.4, -0.2) is 0 Å². The Morgan fingerprint density at radius 1 is 0.457 bits per heavy atom. The zero-order valence-electron chi connectivity index (χ0n) is 24.1.